The van der Waals surface area contributed by atoms with Gasteiger partial charge in [0.2, 0.25) is 17.8 Å². The number of carbonyl (C=O) groups excluding carboxylic acids is 1. The van der Waals surface area contributed by atoms with Crippen molar-refractivity contribution in [3.8, 4) is 0 Å². The Morgan fingerprint density at radius 1 is 1.20 bits per heavy atom. The molecule has 2 aromatic rings. The van der Waals surface area contributed by atoms with Crippen LogP contribution in [-0.2, 0) is 11.2 Å². The van der Waals surface area contributed by atoms with Crippen molar-refractivity contribution in [3.63, 3.8) is 0 Å². The van der Waals surface area contributed by atoms with Gasteiger partial charge in [-0.3, -0.25) is 4.79 Å². The van der Waals surface area contributed by atoms with Gasteiger partial charge in [0.15, 0.2) is 0 Å². The van der Waals surface area contributed by atoms with Gasteiger partial charge in [-0.15, -0.1) is 0 Å². The summed E-state index contributed by atoms with van der Waals surface area (Å²) < 4.78 is 25.9. The van der Waals surface area contributed by atoms with Crippen molar-refractivity contribution in [2.24, 2.45) is 0 Å². The molecule has 1 aromatic heterocycles. The minimum Gasteiger partial charge on any atom is -0.322 e. The van der Waals surface area contributed by atoms with Gasteiger partial charge in [-0.2, -0.15) is 13.8 Å². The number of aromatic nitrogens is 1. The van der Waals surface area contributed by atoms with Crippen LogP contribution >= 0.6 is 0 Å². The number of carbonyl (C=O) groups is 1. The van der Waals surface area contributed by atoms with Crippen LogP contribution in [0.5, 0.6) is 0 Å². The lowest BCUT2D eigenvalue weighted by Crippen LogP contribution is -2.14. The predicted molar refractivity (Wildman–Crippen MR) is 72.3 cm³/mol. The second kappa shape index (κ2) is 6.23. The number of nitrogens with zero attached hydrogens (tertiary/aromatic N) is 1. The number of nitrogens with one attached hydrogen (secondary N) is 1. The molecule has 0 spiro atoms. The third kappa shape index (κ3) is 3.60. The van der Waals surface area contributed by atoms with Crippen molar-refractivity contribution in [3.05, 3.63) is 59.4 Å². The Balaban J connectivity index is 1.94. The second-order valence-electron chi connectivity index (χ2n) is 4.45. The molecule has 1 aromatic carbocycles. The number of hydrogen-bond donors (Lipinski definition) is 1. The topological polar surface area (TPSA) is 42.0 Å². The SMILES string of the molecule is Cc1ccccc1CCC(=O)Nc1ccc(F)nc1F. The summed E-state index contributed by atoms with van der Waals surface area (Å²) in [5, 5.41) is 2.38. The monoisotopic (exact) mass is 276 g/mol. The van der Waals surface area contributed by atoms with Gasteiger partial charge < -0.3 is 5.32 Å². The molecule has 0 atom stereocenters. The number of hydrogen-bond acceptors (Lipinski definition) is 2. The van der Waals surface area contributed by atoms with E-state index in [2.05, 4.69) is 10.3 Å². The smallest absolute Gasteiger partial charge is 0.239 e. The van der Waals surface area contributed by atoms with Crippen molar-refractivity contribution in [1.82, 2.24) is 4.98 Å². The summed E-state index contributed by atoms with van der Waals surface area (Å²) in [4.78, 5) is 14.7. The zero-order valence-electron chi connectivity index (χ0n) is 11.0. The highest BCUT2D eigenvalue weighted by Crippen LogP contribution is 2.13. The number of halogens is 2. The van der Waals surface area contributed by atoms with Crippen LogP contribution in [0.4, 0.5) is 14.5 Å². The van der Waals surface area contributed by atoms with E-state index in [1.54, 1.807) is 0 Å². The quantitative estimate of drug-likeness (QED) is 0.871. The van der Waals surface area contributed by atoms with Crippen LogP contribution in [-0.4, -0.2) is 10.9 Å². The molecule has 3 nitrogen and oxygen atoms in total. The Hall–Kier alpha value is -2.30. The van der Waals surface area contributed by atoms with E-state index < -0.39 is 11.9 Å². The Morgan fingerprint density at radius 3 is 2.65 bits per heavy atom. The van der Waals surface area contributed by atoms with Crippen molar-refractivity contribution < 1.29 is 13.6 Å². The van der Waals surface area contributed by atoms with E-state index in [0.29, 0.717) is 6.42 Å². The van der Waals surface area contributed by atoms with E-state index >= 15 is 0 Å². The van der Waals surface area contributed by atoms with Crippen LogP contribution in [0.2, 0.25) is 0 Å². The largest absolute Gasteiger partial charge is 0.322 e. The fraction of sp³-hybridized carbons (Fsp3) is 0.200. The van der Waals surface area contributed by atoms with Gasteiger partial charge in [0.25, 0.3) is 0 Å². The molecule has 104 valence electrons. The summed E-state index contributed by atoms with van der Waals surface area (Å²) in [6.07, 6.45) is 0.788. The summed E-state index contributed by atoms with van der Waals surface area (Å²) in [6, 6.07) is 9.91. The van der Waals surface area contributed by atoms with Crippen LogP contribution in [0.25, 0.3) is 0 Å². The first-order valence-electron chi connectivity index (χ1n) is 6.22. The van der Waals surface area contributed by atoms with E-state index in [9.17, 15) is 13.6 Å². The summed E-state index contributed by atoms with van der Waals surface area (Å²) >= 11 is 0. The zero-order chi connectivity index (χ0) is 14.5. The van der Waals surface area contributed by atoms with Gasteiger partial charge in [-0.05, 0) is 36.6 Å². The molecule has 0 saturated heterocycles. The average molecular weight is 276 g/mol. The minimum absolute atomic E-state index is 0.110. The number of pyridine rings is 1. The normalized spacial score (nSPS) is 10.3. The van der Waals surface area contributed by atoms with Crippen molar-refractivity contribution in [1.29, 1.82) is 0 Å². The molecule has 0 aliphatic carbocycles. The van der Waals surface area contributed by atoms with Crippen LogP contribution in [0.1, 0.15) is 17.5 Å². The maximum atomic E-state index is 13.3. The molecule has 1 amide bonds. The molecule has 0 radical (unpaired) electrons. The molecule has 1 heterocycles. The molecular formula is C15H14F2N2O. The average Bonchev–Trinajstić information content (AvgIpc) is 2.41. The molecule has 2 rings (SSSR count). The number of amides is 1. The van der Waals surface area contributed by atoms with Crippen molar-refractivity contribution in [2.75, 3.05) is 5.32 Å². The van der Waals surface area contributed by atoms with Crippen molar-refractivity contribution >= 4 is 11.6 Å². The van der Waals surface area contributed by atoms with E-state index in [4.69, 9.17) is 0 Å². The standard InChI is InChI=1S/C15H14F2N2O/c1-10-4-2-3-5-11(10)6-9-14(20)18-12-7-8-13(16)19-15(12)17/h2-5,7-8H,6,9H2,1H3,(H,18,20). The highest BCUT2D eigenvalue weighted by molar-refractivity contribution is 5.90. The zero-order valence-corrected chi connectivity index (χ0v) is 11.0. The van der Waals surface area contributed by atoms with Gasteiger partial charge in [0.1, 0.15) is 0 Å². The van der Waals surface area contributed by atoms with E-state index in [-0.39, 0.29) is 18.0 Å². The van der Waals surface area contributed by atoms with E-state index in [1.807, 2.05) is 31.2 Å². The van der Waals surface area contributed by atoms with Crippen LogP contribution < -0.4 is 5.32 Å². The third-order valence-corrected chi connectivity index (χ3v) is 2.97. The Labute approximate surface area is 115 Å². The highest BCUT2D eigenvalue weighted by atomic mass is 19.1. The molecule has 0 saturated carbocycles. The summed E-state index contributed by atoms with van der Waals surface area (Å²) in [5.41, 5.74) is 2.07. The molecule has 0 fully saturated rings. The fourth-order valence-electron chi connectivity index (χ4n) is 1.86. The van der Waals surface area contributed by atoms with Gasteiger partial charge in [-0.1, -0.05) is 24.3 Å². The predicted octanol–water partition coefficient (Wildman–Crippen LogP) is 3.24. The molecule has 5 heteroatoms. The lowest BCUT2D eigenvalue weighted by atomic mass is 10.0. The lowest BCUT2D eigenvalue weighted by molar-refractivity contribution is -0.116. The summed E-state index contributed by atoms with van der Waals surface area (Å²) in [7, 11) is 0. The lowest BCUT2D eigenvalue weighted by Gasteiger charge is -2.07. The molecule has 0 unspecified atom stereocenters. The van der Waals surface area contributed by atoms with E-state index in [1.165, 1.54) is 0 Å². The Morgan fingerprint density at radius 2 is 1.95 bits per heavy atom. The number of anilines is 1. The van der Waals surface area contributed by atoms with Gasteiger partial charge in [0, 0.05) is 6.42 Å². The van der Waals surface area contributed by atoms with Gasteiger partial charge >= 0.3 is 0 Å². The second-order valence-corrected chi connectivity index (χ2v) is 4.45. The van der Waals surface area contributed by atoms with Crippen molar-refractivity contribution in [2.45, 2.75) is 19.8 Å². The van der Waals surface area contributed by atoms with Gasteiger partial charge in [0.05, 0.1) is 5.69 Å². The number of rotatable bonds is 4. The maximum Gasteiger partial charge on any atom is 0.239 e. The molecule has 1 N–H and O–H groups in total. The van der Waals surface area contributed by atoms with E-state index in [0.717, 1.165) is 23.3 Å². The summed E-state index contributed by atoms with van der Waals surface area (Å²) in [6.45, 7) is 1.97. The first-order valence-corrected chi connectivity index (χ1v) is 6.22. The molecule has 0 aliphatic heterocycles. The maximum absolute atomic E-state index is 13.3. The highest BCUT2D eigenvalue weighted by Gasteiger charge is 2.09. The summed E-state index contributed by atoms with van der Waals surface area (Å²) in [5.74, 6) is -2.27. The minimum atomic E-state index is -1.02. The van der Waals surface area contributed by atoms with Gasteiger partial charge in [-0.25, -0.2) is 0 Å². The number of aryl methyl sites for hydroxylation is 2. The first-order chi connectivity index (χ1) is 9.56. The van der Waals surface area contributed by atoms with Crippen LogP contribution in [0.3, 0.4) is 0 Å². The first kappa shape index (κ1) is 14.1. The number of benzene rings is 1. The van der Waals surface area contributed by atoms with Crippen LogP contribution in [0.15, 0.2) is 36.4 Å². The Kier molecular flexibility index (Phi) is 4.40. The molecular weight excluding hydrogens is 262 g/mol. The molecule has 20 heavy (non-hydrogen) atoms. The molecule has 0 aliphatic rings. The molecule has 0 bridgehead atoms. The van der Waals surface area contributed by atoms with Crippen LogP contribution in [0, 0.1) is 18.8 Å². The fourth-order valence-corrected chi connectivity index (χ4v) is 1.86. The Bertz CT molecular complexity index is 629. The third-order valence-electron chi connectivity index (χ3n) is 2.97.